The van der Waals surface area contributed by atoms with E-state index in [-0.39, 0.29) is 41.4 Å². The number of rotatable bonds is 29. The molecule has 0 N–H and O–H groups in total. The number of esters is 2. The van der Waals surface area contributed by atoms with Crippen LogP contribution in [0.15, 0.2) is 97.1 Å². The van der Waals surface area contributed by atoms with Crippen molar-refractivity contribution < 1.29 is 70.3 Å². The molecule has 4 heterocycles. The van der Waals surface area contributed by atoms with Gasteiger partial charge in [-0.2, -0.15) is 0 Å². The minimum Gasteiger partial charge on any atom is -0.497 e. The second kappa shape index (κ2) is 31.3. The molecule has 0 amide bonds. The molecule has 0 aliphatic carbocycles. The maximum absolute atomic E-state index is 13.6. The van der Waals surface area contributed by atoms with Gasteiger partial charge in [-0.15, -0.1) is 0 Å². The van der Waals surface area contributed by atoms with Gasteiger partial charge in [-0.05, 0) is 82.7 Å². The van der Waals surface area contributed by atoms with Crippen LogP contribution in [0.4, 0.5) is 0 Å². The molecule has 7 rings (SSSR count). The molecule has 0 aromatic heterocycles. The molecule has 4 aliphatic rings. The van der Waals surface area contributed by atoms with Gasteiger partial charge in [0.05, 0.1) is 68.7 Å². The minimum absolute atomic E-state index is 0.0515. The summed E-state index contributed by atoms with van der Waals surface area (Å²) >= 11 is 0. The molecule has 2 spiro atoms. The lowest BCUT2D eigenvalue weighted by atomic mass is 9.78. The molecule has 18 heteroatoms. The average molecular weight is 1320 g/mol. The summed E-state index contributed by atoms with van der Waals surface area (Å²) in [5.41, 5.74) is 1.09. The highest BCUT2D eigenvalue weighted by molar-refractivity contribution is 6.99. The van der Waals surface area contributed by atoms with E-state index in [2.05, 4.69) is 157 Å². The molecule has 3 aromatic rings. The van der Waals surface area contributed by atoms with E-state index in [0.29, 0.717) is 70.8 Å². The van der Waals surface area contributed by atoms with E-state index in [0.717, 1.165) is 41.3 Å². The summed E-state index contributed by atoms with van der Waals surface area (Å²) in [5, 5.41) is 2.09. The van der Waals surface area contributed by atoms with Gasteiger partial charge in [0.2, 0.25) is 0 Å². The Balaban J connectivity index is 1.23. The minimum atomic E-state index is -2.99. The Kier molecular flexibility index (Phi) is 25.6. The number of hydrogen-bond donors (Lipinski definition) is 0. The van der Waals surface area contributed by atoms with E-state index >= 15 is 0 Å². The van der Waals surface area contributed by atoms with Crippen molar-refractivity contribution in [3.63, 3.8) is 0 Å². The molecule has 0 unspecified atom stereocenters. The van der Waals surface area contributed by atoms with E-state index in [9.17, 15) is 14.4 Å². The number of carbonyl (C=O) groups excluding carboxylic acids is 3. The summed E-state index contributed by atoms with van der Waals surface area (Å²) in [5.74, 6) is -3.19. The predicted molar refractivity (Wildman–Crippen MR) is 365 cm³/mol. The van der Waals surface area contributed by atoms with Crippen molar-refractivity contribution >= 4 is 53.6 Å². The Bertz CT molecular complexity index is 2760. The van der Waals surface area contributed by atoms with Crippen LogP contribution in [0.25, 0.3) is 0 Å². The topological polar surface area (TPSA) is 162 Å². The number of hydrogen-bond acceptors (Lipinski definition) is 15. The predicted octanol–water partition coefficient (Wildman–Crippen LogP) is 14.5. The first-order chi connectivity index (χ1) is 42.8. The van der Waals surface area contributed by atoms with Crippen LogP contribution in [-0.2, 0) is 72.2 Å². The Morgan fingerprint density at radius 2 is 1.25 bits per heavy atom. The third kappa shape index (κ3) is 18.8. The number of methoxy groups -OCH3 is 2. The summed E-state index contributed by atoms with van der Waals surface area (Å²) in [4.78, 5) is 38.2. The SMILES string of the molecule is C=C(C[C@H]1C[C@](C)(O[Si](CC)(CC)CC)C[C@@]2(C[C@@H](OC(C)=O)C[C@H](CC=O)O2)O1)[C@H](C)[C@H](OC(C)=O)[C@H](C)[C@@H](C[C@@H]1C[C@H](OC)C[C@]2(C[C@@H](O[Si](C)(C)C(C)(C)C)C[C@H](CO[Si](c3ccccc3)(c3ccccc3)C(C)(C)C)O2)O1)OCc1ccc(OC)cc1. The van der Waals surface area contributed by atoms with Crippen LogP contribution in [-0.4, -0.2) is 136 Å². The molecule has 508 valence electrons. The molecule has 0 bridgehead atoms. The lowest BCUT2D eigenvalue weighted by Crippen LogP contribution is -2.67. The van der Waals surface area contributed by atoms with Gasteiger partial charge in [-0.3, -0.25) is 9.59 Å². The highest BCUT2D eigenvalue weighted by Gasteiger charge is 2.57. The number of ether oxygens (including phenoxy) is 9. The normalized spacial score (nSPS) is 28.2. The molecule has 0 saturated carbocycles. The van der Waals surface area contributed by atoms with Crippen LogP contribution in [0.1, 0.15) is 173 Å². The maximum Gasteiger partial charge on any atom is 0.302 e. The number of benzene rings is 3. The van der Waals surface area contributed by atoms with Crippen molar-refractivity contribution in [3.8, 4) is 5.75 Å². The zero-order valence-corrected chi connectivity index (χ0v) is 61.7. The van der Waals surface area contributed by atoms with E-state index in [1.807, 2.05) is 24.3 Å². The second-order valence-electron chi connectivity index (χ2n) is 29.8. The van der Waals surface area contributed by atoms with Gasteiger partial charge >= 0.3 is 11.9 Å². The lowest BCUT2D eigenvalue weighted by Gasteiger charge is -2.55. The fourth-order valence-corrected chi connectivity index (χ4v) is 24.1. The van der Waals surface area contributed by atoms with Crippen LogP contribution in [0, 0.1) is 11.8 Å². The van der Waals surface area contributed by atoms with Crippen molar-refractivity contribution in [1.82, 2.24) is 0 Å². The standard InChI is InChI=1S/C73H114O15Si3/c1-20-90(21-2,22-3)88-71(15)44-62(85-73(50-71)46-61(81-54(7)75)40-58(83-73)37-38-74)39-51(4)52(5)68(82-55(8)76)53(6)67(79-48-56-33-35-57(77-16)36-34-56)43-59-41-60(78-17)45-72(84-59)47-63(87-89(18,19)69(9,10)11)42-64(86-72)49-80-91(70(12,13)14,65-29-25-23-26-30-65)66-31-27-24-28-32-66/h23-36,38,52-53,58-64,67-68H,4,20-22,37,39-50H2,1-3,5-19H3/t52-,53+,58-,59-,60-,61-,62-,63-,64+,67+,68-,71-,72-,73+/m0/s1. The fraction of sp³-hybridized carbons (Fsp3) is 0.685. The summed E-state index contributed by atoms with van der Waals surface area (Å²) in [6.45, 7) is 39.6. The monoisotopic (exact) mass is 1310 g/mol. The zero-order chi connectivity index (χ0) is 66.8. The van der Waals surface area contributed by atoms with Crippen molar-refractivity contribution in [2.75, 3.05) is 20.8 Å². The number of carbonyl (C=O) groups is 3. The van der Waals surface area contributed by atoms with Crippen LogP contribution in [0.5, 0.6) is 5.75 Å². The second-order valence-corrected chi connectivity index (χ2v) is 43.5. The van der Waals surface area contributed by atoms with Gasteiger partial charge in [-0.25, -0.2) is 0 Å². The fourth-order valence-electron chi connectivity index (χ4n) is 15.0. The van der Waals surface area contributed by atoms with Gasteiger partial charge in [0.15, 0.2) is 28.2 Å². The zero-order valence-electron chi connectivity index (χ0n) is 58.7. The molecule has 4 saturated heterocycles. The number of aldehydes is 1. The molecule has 4 aliphatic heterocycles. The van der Waals surface area contributed by atoms with Gasteiger partial charge in [-0.1, -0.05) is 161 Å². The van der Waals surface area contributed by atoms with Gasteiger partial charge < -0.3 is 60.7 Å². The van der Waals surface area contributed by atoms with E-state index in [1.54, 1.807) is 14.2 Å². The Labute approximate surface area is 549 Å². The first kappa shape index (κ1) is 74.5. The van der Waals surface area contributed by atoms with Gasteiger partial charge in [0, 0.05) is 97.0 Å². The van der Waals surface area contributed by atoms with Crippen molar-refractivity contribution in [1.29, 1.82) is 0 Å². The maximum atomic E-state index is 13.6. The Hall–Kier alpha value is -3.90. The van der Waals surface area contributed by atoms with Crippen LogP contribution in [0.3, 0.4) is 0 Å². The lowest BCUT2D eigenvalue weighted by molar-refractivity contribution is -0.347. The summed E-state index contributed by atoms with van der Waals surface area (Å²) in [6.07, 6.45) is 1.67. The molecular formula is C73H114O15Si3. The third-order valence-electron chi connectivity index (χ3n) is 20.8. The van der Waals surface area contributed by atoms with Crippen LogP contribution in [0.2, 0.25) is 41.3 Å². The van der Waals surface area contributed by atoms with Gasteiger partial charge in [0.1, 0.15) is 24.2 Å². The highest BCUT2D eigenvalue weighted by Crippen LogP contribution is 2.51. The molecule has 14 atom stereocenters. The average Bonchev–Trinajstić information content (AvgIpc) is 0.772. The smallest absolute Gasteiger partial charge is 0.302 e. The van der Waals surface area contributed by atoms with E-state index in [1.165, 1.54) is 24.2 Å². The summed E-state index contributed by atoms with van der Waals surface area (Å²) in [7, 11) is -4.11. The van der Waals surface area contributed by atoms with E-state index < -0.39 is 103 Å². The molecule has 3 aromatic carbocycles. The molecular weight excluding hydrogens is 1200 g/mol. The first-order valence-corrected chi connectivity index (χ1v) is 41.2. The molecule has 91 heavy (non-hydrogen) atoms. The van der Waals surface area contributed by atoms with Crippen molar-refractivity contribution in [3.05, 3.63) is 103 Å². The molecule has 0 radical (unpaired) electrons. The third-order valence-corrected chi connectivity index (χ3v) is 35.1. The molecule has 4 fully saturated rings. The van der Waals surface area contributed by atoms with Crippen LogP contribution < -0.4 is 15.1 Å². The highest BCUT2D eigenvalue weighted by atomic mass is 28.4. The van der Waals surface area contributed by atoms with Crippen molar-refractivity contribution in [2.45, 2.75) is 288 Å². The van der Waals surface area contributed by atoms with Crippen LogP contribution >= 0.6 is 0 Å². The summed E-state index contributed by atoms with van der Waals surface area (Å²) < 4.78 is 83.2. The van der Waals surface area contributed by atoms with E-state index in [4.69, 9.17) is 62.5 Å². The Morgan fingerprint density at radius 1 is 0.703 bits per heavy atom. The molecule has 15 nitrogen and oxygen atoms in total. The first-order valence-electron chi connectivity index (χ1n) is 33.9. The summed E-state index contributed by atoms with van der Waals surface area (Å²) in [6, 6.07) is 32.2. The van der Waals surface area contributed by atoms with Gasteiger partial charge in [0.25, 0.3) is 8.32 Å². The largest absolute Gasteiger partial charge is 0.497 e. The quantitative estimate of drug-likeness (QED) is 0.0279. The Morgan fingerprint density at radius 3 is 1.79 bits per heavy atom. The van der Waals surface area contributed by atoms with Crippen molar-refractivity contribution in [2.24, 2.45) is 11.8 Å².